The predicted octanol–water partition coefficient (Wildman–Crippen LogP) is 3.55. The van der Waals surface area contributed by atoms with Gasteiger partial charge < -0.3 is 23.5 Å². The van der Waals surface area contributed by atoms with Gasteiger partial charge in [-0.2, -0.15) is 0 Å². The van der Waals surface area contributed by atoms with E-state index in [0.717, 1.165) is 0 Å². The van der Waals surface area contributed by atoms with Crippen LogP contribution in [0.2, 0.25) is 0 Å². The Morgan fingerprint density at radius 1 is 1.11 bits per heavy atom. The second-order valence-corrected chi connectivity index (χ2v) is 5.95. The van der Waals surface area contributed by atoms with Gasteiger partial charge in [0, 0.05) is 23.1 Å². The van der Waals surface area contributed by atoms with Crippen LogP contribution in [0.3, 0.4) is 0 Å². The smallest absolute Gasteiger partial charge is 0.307 e. The maximum Gasteiger partial charge on any atom is 0.307 e. The zero-order chi connectivity index (χ0) is 20.3. The summed E-state index contributed by atoms with van der Waals surface area (Å²) in [5.74, 6) is 1.80. The van der Waals surface area contributed by atoms with Crippen molar-refractivity contribution in [3.63, 3.8) is 0 Å². The Morgan fingerprint density at radius 2 is 1.79 bits per heavy atom. The number of ether oxygens (including phenoxy) is 4. The van der Waals surface area contributed by atoms with Crippen molar-refractivity contribution in [3.05, 3.63) is 57.6 Å². The molecular formula is C19H20N2O7. The molecule has 148 valence electrons. The molecule has 0 bridgehead atoms. The monoisotopic (exact) mass is 388 g/mol. The molecular weight excluding hydrogens is 368 g/mol. The molecule has 1 atom stereocenters. The van der Waals surface area contributed by atoms with Gasteiger partial charge in [0.15, 0.2) is 23.0 Å². The SMILES string of the molecule is COC1=CCC(c2cnoc2-c2cc(OC)c(OC)c(OC)c2)C=C1[N+](=O)[O-]. The van der Waals surface area contributed by atoms with Crippen molar-refractivity contribution in [2.45, 2.75) is 12.3 Å². The molecule has 0 aliphatic heterocycles. The molecule has 1 aliphatic carbocycles. The highest BCUT2D eigenvalue weighted by Gasteiger charge is 2.29. The Morgan fingerprint density at radius 3 is 2.32 bits per heavy atom. The number of nitro groups is 1. The first-order chi connectivity index (χ1) is 13.5. The Bertz CT molecular complexity index is 921. The van der Waals surface area contributed by atoms with Gasteiger partial charge in [0.2, 0.25) is 5.75 Å². The quantitative estimate of drug-likeness (QED) is 0.524. The molecule has 1 aliphatic rings. The molecule has 9 heteroatoms. The van der Waals surface area contributed by atoms with E-state index in [-0.39, 0.29) is 17.4 Å². The van der Waals surface area contributed by atoms with Crippen molar-refractivity contribution in [3.8, 4) is 28.6 Å². The lowest BCUT2D eigenvalue weighted by Gasteiger charge is -2.17. The third-order valence-electron chi connectivity index (χ3n) is 4.51. The molecule has 9 nitrogen and oxygen atoms in total. The molecule has 1 aromatic carbocycles. The molecule has 0 N–H and O–H groups in total. The number of aromatic nitrogens is 1. The van der Waals surface area contributed by atoms with Gasteiger partial charge in [-0.1, -0.05) is 5.16 Å². The minimum Gasteiger partial charge on any atom is -0.493 e. The minimum absolute atomic E-state index is 0.0872. The fourth-order valence-electron chi connectivity index (χ4n) is 3.18. The lowest BCUT2D eigenvalue weighted by molar-refractivity contribution is -0.424. The number of allylic oxidation sites excluding steroid dienone is 2. The number of benzene rings is 1. The molecule has 0 radical (unpaired) electrons. The van der Waals surface area contributed by atoms with Crippen LogP contribution in [0, 0.1) is 10.1 Å². The molecule has 0 saturated heterocycles. The van der Waals surface area contributed by atoms with Gasteiger partial charge in [0.05, 0.1) is 39.6 Å². The number of hydrogen-bond acceptors (Lipinski definition) is 8. The highest BCUT2D eigenvalue weighted by Crippen LogP contribution is 2.43. The molecule has 1 aromatic heterocycles. The lowest BCUT2D eigenvalue weighted by Crippen LogP contribution is -2.11. The molecule has 0 saturated carbocycles. The molecule has 0 spiro atoms. The summed E-state index contributed by atoms with van der Waals surface area (Å²) < 4.78 is 26.7. The second-order valence-electron chi connectivity index (χ2n) is 5.95. The van der Waals surface area contributed by atoms with E-state index < -0.39 is 4.92 Å². The van der Waals surface area contributed by atoms with E-state index in [9.17, 15) is 10.1 Å². The van der Waals surface area contributed by atoms with Crippen LogP contribution in [-0.4, -0.2) is 38.5 Å². The number of nitrogens with zero attached hydrogens (tertiary/aromatic N) is 2. The third kappa shape index (κ3) is 3.38. The van der Waals surface area contributed by atoms with E-state index >= 15 is 0 Å². The number of methoxy groups -OCH3 is 4. The van der Waals surface area contributed by atoms with Gasteiger partial charge >= 0.3 is 5.70 Å². The van der Waals surface area contributed by atoms with Crippen LogP contribution < -0.4 is 14.2 Å². The first-order valence-electron chi connectivity index (χ1n) is 8.39. The topological polar surface area (TPSA) is 106 Å². The van der Waals surface area contributed by atoms with E-state index in [1.807, 2.05) is 0 Å². The van der Waals surface area contributed by atoms with Crippen molar-refractivity contribution >= 4 is 0 Å². The van der Waals surface area contributed by atoms with Crippen molar-refractivity contribution in [1.82, 2.24) is 5.16 Å². The van der Waals surface area contributed by atoms with E-state index in [4.69, 9.17) is 23.5 Å². The molecule has 1 unspecified atom stereocenters. The summed E-state index contributed by atoms with van der Waals surface area (Å²) in [6.45, 7) is 0. The summed E-state index contributed by atoms with van der Waals surface area (Å²) in [5.41, 5.74) is 1.27. The van der Waals surface area contributed by atoms with Gasteiger partial charge in [-0.05, 0) is 24.6 Å². The predicted molar refractivity (Wildman–Crippen MR) is 99.1 cm³/mol. The van der Waals surface area contributed by atoms with E-state index in [1.54, 1.807) is 30.5 Å². The van der Waals surface area contributed by atoms with Crippen LogP contribution in [0.25, 0.3) is 11.3 Å². The highest BCUT2D eigenvalue weighted by atomic mass is 16.6. The van der Waals surface area contributed by atoms with Crippen LogP contribution in [0.1, 0.15) is 17.9 Å². The van der Waals surface area contributed by atoms with E-state index in [0.29, 0.717) is 40.6 Å². The van der Waals surface area contributed by atoms with Crippen LogP contribution in [-0.2, 0) is 4.74 Å². The first kappa shape index (κ1) is 19.3. The molecule has 3 rings (SSSR count). The molecule has 28 heavy (non-hydrogen) atoms. The van der Waals surface area contributed by atoms with Crippen molar-refractivity contribution in [2.75, 3.05) is 28.4 Å². The van der Waals surface area contributed by atoms with Crippen LogP contribution in [0.5, 0.6) is 17.2 Å². The van der Waals surface area contributed by atoms with Crippen LogP contribution in [0.15, 0.2) is 46.5 Å². The first-order valence-corrected chi connectivity index (χ1v) is 8.39. The largest absolute Gasteiger partial charge is 0.493 e. The summed E-state index contributed by atoms with van der Waals surface area (Å²) in [5, 5.41) is 15.3. The fourth-order valence-corrected chi connectivity index (χ4v) is 3.18. The number of rotatable bonds is 7. The zero-order valence-electron chi connectivity index (χ0n) is 15.9. The van der Waals surface area contributed by atoms with Crippen LogP contribution >= 0.6 is 0 Å². The Hall–Kier alpha value is -3.49. The van der Waals surface area contributed by atoms with Gasteiger partial charge in [-0.15, -0.1) is 0 Å². The Labute approximate surface area is 161 Å². The summed E-state index contributed by atoms with van der Waals surface area (Å²) in [6, 6.07) is 3.48. The van der Waals surface area contributed by atoms with Crippen molar-refractivity contribution in [1.29, 1.82) is 0 Å². The zero-order valence-corrected chi connectivity index (χ0v) is 15.9. The molecule has 0 fully saturated rings. The number of hydrogen-bond donors (Lipinski definition) is 0. The Kier molecular flexibility index (Phi) is 5.53. The molecule has 0 amide bonds. The van der Waals surface area contributed by atoms with Crippen molar-refractivity contribution < 1.29 is 28.4 Å². The summed E-state index contributed by atoms with van der Waals surface area (Å²) in [6.07, 6.45) is 5.31. The van der Waals surface area contributed by atoms with E-state index in [1.165, 1.54) is 28.4 Å². The average molecular weight is 388 g/mol. The van der Waals surface area contributed by atoms with Crippen molar-refractivity contribution in [2.24, 2.45) is 0 Å². The summed E-state index contributed by atoms with van der Waals surface area (Å²) in [7, 11) is 5.97. The van der Waals surface area contributed by atoms with Crippen LogP contribution in [0.4, 0.5) is 0 Å². The highest BCUT2D eigenvalue weighted by molar-refractivity contribution is 5.70. The maximum absolute atomic E-state index is 11.4. The lowest BCUT2D eigenvalue weighted by atomic mass is 9.89. The average Bonchev–Trinajstić information content (AvgIpc) is 3.21. The maximum atomic E-state index is 11.4. The fraction of sp³-hybridized carbons (Fsp3) is 0.316. The van der Waals surface area contributed by atoms with Gasteiger partial charge in [0.1, 0.15) is 0 Å². The third-order valence-corrected chi connectivity index (χ3v) is 4.51. The molecule has 2 aromatic rings. The standard InChI is InChI=1S/C19H20N2O7/c1-24-15-6-5-11(7-14(15)21(22)23)13-10-20-28-18(13)12-8-16(25-2)19(27-4)17(9-12)26-3/h6-11H,5H2,1-4H3. The van der Waals surface area contributed by atoms with Gasteiger partial charge in [-0.25, -0.2) is 0 Å². The summed E-state index contributed by atoms with van der Waals surface area (Å²) in [4.78, 5) is 10.9. The normalized spacial score (nSPS) is 16.1. The molecule has 1 heterocycles. The Balaban J connectivity index is 2.06. The minimum atomic E-state index is -0.464. The van der Waals surface area contributed by atoms with E-state index in [2.05, 4.69) is 5.16 Å². The van der Waals surface area contributed by atoms with Gasteiger partial charge in [-0.3, -0.25) is 10.1 Å². The second kappa shape index (κ2) is 8.03. The van der Waals surface area contributed by atoms with Gasteiger partial charge in [0.25, 0.3) is 0 Å². The summed E-state index contributed by atoms with van der Waals surface area (Å²) >= 11 is 0.